The smallest absolute Gasteiger partial charge is 0.163 e. The Bertz CT molecular complexity index is 565. The van der Waals surface area contributed by atoms with Crippen LogP contribution in [0.25, 0.3) is 0 Å². The van der Waals surface area contributed by atoms with Crippen molar-refractivity contribution in [3.63, 3.8) is 0 Å². The summed E-state index contributed by atoms with van der Waals surface area (Å²) in [7, 11) is 0. The van der Waals surface area contributed by atoms with Crippen LogP contribution in [0, 0.1) is 39.8 Å². The highest BCUT2D eigenvalue weighted by atomic mass is 79.9. The van der Waals surface area contributed by atoms with Gasteiger partial charge < -0.3 is 5.32 Å². The molecule has 0 bridgehead atoms. The molecule has 0 spiro atoms. The summed E-state index contributed by atoms with van der Waals surface area (Å²) in [4.78, 5) is 0. The van der Waals surface area contributed by atoms with Crippen LogP contribution in [0.15, 0.2) is 33.9 Å². The van der Waals surface area contributed by atoms with Gasteiger partial charge in [0.1, 0.15) is 29.7 Å². The first-order valence-corrected chi connectivity index (χ1v) is 5.09. The number of nitrogens with one attached hydrogen (secondary N) is 1. The van der Waals surface area contributed by atoms with Crippen LogP contribution in [-0.4, -0.2) is 0 Å². The van der Waals surface area contributed by atoms with Gasteiger partial charge in [-0.3, -0.25) is 0 Å². The highest BCUT2D eigenvalue weighted by Gasteiger charge is 2.11. The lowest BCUT2D eigenvalue weighted by atomic mass is 10.2. The average Bonchev–Trinajstić information content (AvgIpc) is 2.33. The average molecular weight is 291 g/mol. The second-order valence-electron chi connectivity index (χ2n) is 2.81. The SMILES string of the molecule is N#CC(C#N)=C(C#N)Nc1c(F)cccc1Br. The van der Waals surface area contributed by atoms with Crippen LogP contribution < -0.4 is 5.32 Å². The molecule has 0 saturated carbocycles. The van der Waals surface area contributed by atoms with E-state index in [-0.39, 0.29) is 11.4 Å². The van der Waals surface area contributed by atoms with Gasteiger partial charge in [-0.15, -0.1) is 0 Å². The van der Waals surface area contributed by atoms with Crippen molar-refractivity contribution in [3.8, 4) is 18.2 Å². The van der Waals surface area contributed by atoms with Crippen molar-refractivity contribution in [2.75, 3.05) is 5.32 Å². The Kier molecular flexibility index (Phi) is 4.22. The first kappa shape index (κ1) is 12.7. The van der Waals surface area contributed by atoms with Gasteiger partial charge in [-0.05, 0) is 28.1 Å². The Morgan fingerprint density at radius 2 is 1.82 bits per heavy atom. The number of allylic oxidation sites excluding steroid dienone is 2. The largest absolute Gasteiger partial charge is 0.342 e. The van der Waals surface area contributed by atoms with E-state index in [2.05, 4.69) is 21.2 Å². The number of hydrogen-bond donors (Lipinski definition) is 1. The van der Waals surface area contributed by atoms with Crippen LogP contribution in [0.2, 0.25) is 0 Å². The van der Waals surface area contributed by atoms with Gasteiger partial charge >= 0.3 is 0 Å². The number of para-hydroxylation sites is 1. The zero-order valence-electron chi connectivity index (χ0n) is 8.33. The maximum atomic E-state index is 13.4. The van der Waals surface area contributed by atoms with Crippen molar-refractivity contribution in [1.82, 2.24) is 0 Å². The monoisotopic (exact) mass is 290 g/mol. The molecular formula is C11H4BrFN4. The van der Waals surface area contributed by atoms with Gasteiger partial charge in [-0.1, -0.05) is 6.07 Å². The predicted octanol–water partition coefficient (Wildman–Crippen LogP) is 2.82. The third-order valence-corrected chi connectivity index (χ3v) is 2.46. The minimum Gasteiger partial charge on any atom is -0.342 e. The Balaban J connectivity index is 3.25. The number of benzene rings is 1. The molecule has 17 heavy (non-hydrogen) atoms. The summed E-state index contributed by atoms with van der Waals surface area (Å²) >= 11 is 3.10. The van der Waals surface area contributed by atoms with Crippen molar-refractivity contribution < 1.29 is 4.39 Å². The van der Waals surface area contributed by atoms with Gasteiger partial charge in [0.05, 0.1) is 5.69 Å². The molecule has 0 radical (unpaired) electrons. The molecule has 0 fully saturated rings. The van der Waals surface area contributed by atoms with Gasteiger partial charge in [-0.25, -0.2) is 4.39 Å². The number of hydrogen-bond acceptors (Lipinski definition) is 4. The van der Waals surface area contributed by atoms with Gasteiger partial charge in [0.25, 0.3) is 0 Å². The van der Waals surface area contributed by atoms with E-state index >= 15 is 0 Å². The minimum atomic E-state index is -0.595. The fraction of sp³-hybridized carbons (Fsp3) is 0. The van der Waals surface area contributed by atoms with Gasteiger partial charge in [-0.2, -0.15) is 15.8 Å². The van der Waals surface area contributed by atoms with E-state index in [1.54, 1.807) is 24.3 Å². The van der Waals surface area contributed by atoms with Crippen LogP contribution in [0.4, 0.5) is 10.1 Å². The molecule has 0 aliphatic carbocycles. The molecule has 1 rings (SSSR count). The lowest BCUT2D eigenvalue weighted by molar-refractivity contribution is 0.631. The predicted molar refractivity (Wildman–Crippen MR) is 61.6 cm³/mol. The summed E-state index contributed by atoms with van der Waals surface area (Å²) in [6.07, 6.45) is 0. The first-order valence-electron chi connectivity index (χ1n) is 4.29. The Morgan fingerprint density at radius 3 is 2.29 bits per heavy atom. The van der Waals surface area contributed by atoms with Crippen LogP contribution in [0.1, 0.15) is 0 Å². The molecule has 0 saturated heterocycles. The lowest BCUT2D eigenvalue weighted by Gasteiger charge is -2.07. The summed E-state index contributed by atoms with van der Waals surface area (Å²) in [5.41, 5.74) is -0.685. The molecular weight excluding hydrogens is 287 g/mol. The van der Waals surface area contributed by atoms with E-state index in [9.17, 15) is 4.39 Å². The number of anilines is 1. The van der Waals surface area contributed by atoms with E-state index in [0.29, 0.717) is 4.47 Å². The number of nitriles is 3. The molecule has 1 aromatic rings. The maximum Gasteiger partial charge on any atom is 0.163 e. The molecule has 0 heterocycles. The molecule has 1 N–H and O–H groups in total. The molecule has 4 nitrogen and oxygen atoms in total. The summed E-state index contributed by atoms with van der Waals surface area (Å²) < 4.78 is 13.8. The second-order valence-corrected chi connectivity index (χ2v) is 3.66. The van der Waals surface area contributed by atoms with Crippen molar-refractivity contribution in [1.29, 1.82) is 15.8 Å². The summed E-state index contributed by atoms with van der Waals surface area (Å²) in [5, 5.41) is 28.4. The highest BCUT2D eigenvalue weighted by molar-refractivity contribution is 9.10. The normalized spacial score (nSPS) is 8.41. The number of nitrogens with zero attached hydrogens (tertiary/aromatic N) is 3. The van der Waals surface area contributed by atoms with Crippen molar-refractivity contribution >= 4 is 21.6 Å². The molecule has 0 aliphatic heterocycles. The van der Waals surface area contributed by atoms with Crippen molar-refractivity contribution in [2.24, 2.45) is 0 Å². The van der Waals surface area contributed by atoms with Crippen LogP contribution >= 0.6 is 15.9 Å². The maximum absolute atomic E-state index is 13.4. The van der Waals surface area contributed by atoms with Crippen molar-refractivity contribution in [2.45, 2.75) is 0 Å². The third kappa shape index (κ3) is 2.81. The molecule has 0 unspecified atom stereocenters. The standard InChI is InChI=1S/C11H4BrFN4/c12-8-2-1-3-9(13)11(8)17-10(6-16)7(4-14)5-15/h1-3,17H. The van der Waals surface area contributed by atoms with Crippen LogP contribution in [0.5, 0.6) is 0 Å². The lowest BCUT2D eigenvalue weighted by Crippen LogP contribution is -2.03. The summed E-state index contributed by atoms with van der Waals surface area (Å²) in [5.74, 6) is -0.595. The van der Waals surface area contributed by atoms with Crippen LogP contribution in [-0.2, 0) is 0 Å². The Labute approximate surface area is 105 Å². The second kappa shape index (κ2) is 5.65. The molecule has 0 atom stereocenters. The molecule has 0 aromatic heterocycles. The molecule has 1 aromatic carbocycles. The quantitative estimate of drug-likeness (QED) is 0.849. The highest BCUT2D eigenvalue weighted by Crippen LogP contribution is 2.26. The molecule has 6 heteroatoms. The summed E-state index contributed by atoms with van der Waals surface area (Å²) in [6, 6.07) is 9.00. The van der Waals surface area contributed by atoms with E-state index in [0.717, 1.165) is 0 Å². The van der Waals surface area contributed by atoms with E-state index < -0.39 is 11.4 Å². The Hall–Kier alpha value is -2.36. The summed E-state index contributed by atoms with van der Waals surface area (Å²) in [6.45, 7) is 0. The minimum absolute atomic E-state index is 0.00653. The van der Waals surface area contributed by atoms with Gasteiger partial charge in [0, 0.05) is 4.47 Å². The van der Waals surface area contributed by atoms with Gasteiger partial charge in [0.2, 0.25) is 0 Å². The molecule has 82 valence electrons. The fourth-order valence-electron chi connectivity index (χ4n) is 1.03. The molecule has 0 aliphatic rings. The zero-order valence-corrected chi connectivity index (χ0v) is 9.92. The van der Waals surface area contributed by atoms with E-state index in [4.69, 9.17) is 15.8 Å². The van der Waals surface area contributed by atoms with E-state index in [1.807, 2.05) is 0 Å². The van der Waals surface area contributed by atoms with Gasteiger partial charge in [0.15, 0.2) is 5.57 Å². The number of rotatable bonds is 2. The van der Waals surface area contributed by atoms with Crippen molar-refractivity contribution in [3.05, 3.63) is 39.8 Å². The third-order valence-electron chi connectivity index (χ3n) is 1.80. The Morgan fingerprint density at radius 1 is 1.18 bits per heavy atom. The topological polar surface area (TPSA) is 83.4 Å². The fourth-order valence-corrected chi connectivity index (χ4v) is 1.47. The molecule has 0 amide bonds. The number of halogens is 2. The van der Waals surface area contributed by atoms with E-state index in [1.165, 1.54) is 12.1 Å². The first-order chi connectivity index (χ1) is 8.13. The van der Waals surface area contributed by atoms with Crippen LogP contribution in [0.3, 0.4) is 0 Å². The zero-order chi connectivity index (χ0) is 12.8.